The second-order valence-electron chi connectivity index (χ2n) is 5.59. The molecule has 0 aliphatic heterocycles. The molecular weight excluding hydrogens is 330 g/mol. The van der Waals surface area contributed by atoms with Crippen LogP contribution in [0, 0.1) is 11.6 Å². The fourth-order valence-electron chi connectivity index (χ4n) is 2.34. The number of anilines is 2. The number of fused-ring (bicyclic) bond motifs is 1. The maximum absolute atomic E-state index is 14.1. The summed E-state index contributed by atoms with van der Waals surface area (Å²) in [5, 5.41) is 2.40. The van der Waals surface area contributed by atoms with E-state index in [1.165, 1.54) is 18.2 Å². The third kappa shape index (κ3) is 3.18. The first-order valence-corrected chi connectivity index (χ1v) is 7.32. The average molecular weight is 344 g/mol. The lowest BCUT2D eigenvalue weighted by Gasteiger charge is -2.14. The van der Waals surface area contributed by atoms with E-state index in [2.05, 4.69) is 15.3 Å². The van der Waals surface area contributed by atoms with Crippen LogP contribution in [0.25, 0.3) is 10.9 Å². The van der Waals surface area contributed by atoms with E-state index in [1.807, 2.05) is 0 Å². The monoisotopic (exact) mass is 344 g/mol. The Morgan fingerprint density at radius 2 is 1.92 bits per heavy atom. The molecule has 1 heterocycles. The zero-order valence-corrected chi connectivity index (χ0v) is 13.4. The fourth-order valence-corrected chi connectivity index (χ4v) is 2.34. The maximum Gasteiger partial charge on any atom is 0.258 e. The van der Waals surface area contributed by atoms with Crippen molar-refractivity contribution in [1.82, 2.24) is 9.97 Å². The number of hydrogen-bond acceptors (Lipinski definition) is 4. The smallest absolute Gasteiger partial charge is 0.258 e. The summed E-state index contributed by atoms with van der Waals surface area (Å²) in [4.78, 5) is 31.9. The van der Waals surface area contributed by atoms with Crippen molar-refractivity contribution in [3.05, 3.63) is 64.2 Å². The van der Waals surface area contributed by atoms with E-state index in [0.717, 1.165) is 12.4 Å². The third-order valence-electron chi connectivity index (χ3n) is 3.69. The summed E-state index contributed by atoms with van der Waals surface area (Å²) in [6.45, 7) is 0. The van der Waals surface area contributed by atoms with E-state index in [9.17, 15) is 18.4 Å². The molecule has 3 rings (SSSR count). The van der Waals surface area contributed by atoms with Crippen LogP contribution < -0.4 is 15.8 Å². The first-order valence-electron chi connectivity index (χ1n) is 7.32. The summed E-state index contributed by atoms with van der Waals surface area (Å²) in [7, 11) is 3.48. The highest BCUT2D eigenvalue weighted by molar-refractivity contribution is 6.05. The van der Waals surface area contributed by atoms with Gasteiger partial charge in [0.05, 0.1) is 28.5 Å². The minimum absolute atomic E-state index is 0.114. The zero-order chi connectivity index (χ0) is 18.1. The van der Waals surface area contributed by atoms with Crippen molar-refractivity contribution >= 4 is 28.2 Å². The van der Waals surface area contributed by atoms with E-state index in [1.54, 1.807) is 25.1 Å². The van der Waals surface area contributed by atoms with Crippen LogP contribution in [0.2, 0.25) is 0 Å². The van der Waals surface area contributed by atoms with Gasteiger partial charge in [-0.3, -0.25) is 9.59 Å². The molecular formula is C17H14F2N4O2. The normalized spacial score (nSPS) is 10.7. The standard InChI is InChI=1S/C17H14F2N4O2/c1-23(2)9-3-4-10(12(18)5-9)17(25)22-15-6-11-14(7-13(15)19)20-8-21-16(11)24/h3-8H,1-2H3,(H,22,25)(H,20,21,24). The molecule has 3 aromatic rings. The second kappa shape index (κ2) is 6.31. The van der Waals surface area contributed by atoms with Gasteiger partial charge in [-0.2, -0.15) is 0 Å². The highest BCUT2D eigenvalue weighted by Gasteiger charge is 2.16. The van der Waals surface area contributed by atoms with E-state index in [0.29, 0.717) is 5.69 Å². The lowest BCUT2D eigenvalue weighted by Crippen LogP contribution is -2.16. The number of carbonyl (C=O) groups excluding carboxylic acids is 1. The number of aromatic amines is 1. The van der Waals surface area contributed by atoms with Crippen LogP contribution >= 0.6 is 0 Å². The van der Waals surface area contributed by atoms with Gasteiger partial charge < -0.3 is 15.2 Å². The van der Waals surface area contributed by atoms with Crippen molar-refractivity contribution in [3.63, 3.8) is 0 Å². The number of nitrogens with one attached hydrogen (secondary N) is 2. The Morgan fingerprint density at radius 1 is 1.16 bits per heavy atom. The van der Waals surface area contributed by atoms with Gasteiger partial charge in [0, 0.05) is 25.8 Å². The molecule has 0 fully saturated rings. The molecule has 0 atom stereocenters. The molecule has 0 unspecified atom stereocenters. The molecule has 0 saturated carbocycles. The van der Waals surface area contributed by atoms with Crippen molar-refractivity contribution in [3.8, 4) is 0 Å². The van der Waals surface area contributed by atoms with Crippen molar-refractivity contribution in [2.45, 2.75) is 0 Å². The molecule has 0 aliphatic rings. The zero-order valence-electron chi connectivity index (χ0n) is 13.4. The van der Waals surface area contributed by atoms with Gasteiger partial charge in [0.2, 0.25) is 0 Å². The molecule has 25 heavy (non-hydrogen) atoms. The van der Waals surface area contributed by atoms with Gasteiger partial charge in [0.25, 0.3) is 11.5 Å². The number of H-pyrrole nitrogens is 1. The molecule has 0 bridgehead atoms. The van der Waals surface area contributed by atoms with Gasteiger partial charge in [-0.15, -0.1) is 0 Å². The highest BCUT2D eigenvalue weighted by atomic mass is 19.1. The van der Waals surface area contributed by atoms with E-state index < -0.39 is 23.1 Å². The van der Waals surface area contributed by atoms with Crippen molar-refractivity contribution < 1.29 is 13.6 Å². The molecule has 6 nitrogen and oxygen atoms in total. The summed E-state index contributed by atoms with van der Waals surface area (Å²) in [6.07, 6.45) is 1.16. The van der Waals surface area contributed by atoms with Crippen LogP contribution in [0.4, 0.5) is 20.2 Å². The lowest BCUT2D eigenvalue weighted by atomic mass is 10.1. The molecule has 2 aromatic carbocycles. The van der Waals surface area contributed by atoms with Gasteiger partial charge in [-0.05, 0) is 24.3 Å². The van der Waals surface area contributed by atoms with Gasteiger partial charge >= 0.3 is 0 Å². The lowest BCUT2D eigenvalue weighted by molar-refractivity contribution is 0.102. The van der Waals surface area contributed by atoms with E-state index in [4.69, 9.17) is 0 Å². The number of halogens is 2. The molecule has 0 saturated heterocycles. The Labute approximate surface area is 141 Å². The molecule has 0 aliphatic carbocycles. The topological polar surface area (TPSA) is 78.1 Å². The number of carbonyl (C=O) groups is 1. The fraction of sp³-hybridized carbons (Fsp3) is 0.118. The molecule has 8 heteroatoms. The number of amides is 1. The van der Waals surface area contributed by atoms with Gasteiger partial charge in [0.15, 0.2) is 0 Å². The van der Waals surface area contributed by atoms with Crippen LogP contribution in [0.5, 0.6) is 0 Å². The summed E-state index contributed by atoms with van der Waals surface area (Å²) < 4.78 is 28.3. The maximum atomic E-state index is 14.1. The number of rotatable bonds is 3. The first kappa shape index (κ1) is 16.6. The summed E-state index contributed by atoms with van der Waals surface area (Å²) in [5.41, 5.74) is -0.191. The number of benzene rings is 2. The number of aromatic nitrogens is 2. The Hall–Kier alpha value is -3.29. The van der Waals surface area contributed by atoms with E-state index in [-0.39, 0.29) is 22.2 Å². The van der Waals surface area contributed by atoms with Crippen LogP contribution in [-0.4, -0.2) is 30.0 Å². The van der Waals surface area contributed by atoms with Crippen LogP contribution in [0.1, 0.15) is 10.4 Å². The first-order chi connectivity index (χ1) is 11.9. The minimum Gasteiger partial charge on any atom is -0.378 e. The predicted octanol–water partition coefficient (Wildman–Crippen LogP) is 2.52. The largest absolute Gasteiger partial charge is 0.378 e. The molecule has 128 valence electrons. The molecule has 0 radical (unpaired) electrons. The minimum atomic E-state index is -0.818. The van der Waals surface area contributed by atoms with Crippen molar-refractivity contribution in [2.24, 2.45) is 0 Å². The summed E-state index contributed by atoms with van der Waals surface area (Å²) >= 11 is 0. The second-order valence-corrected chi connectivity index (χ2v) is 5.59. The Kier molecular flexibility index (Phi) is 4.18. The quantitative estimate of drug-likeness (QED) is 0.765. The summed E-state index contributed by atoms with van der Waals surface area (Å²) in [5.74, 6) is -2.32. The van der Waals surface area contributed by atoms with Crippen molar-refractivity contribution in [2.75, 3.05) is 24.3 Å². The number of hydrogen-bond donors (Lipinski definition) is 2. The van der Waals surface area contributed by atoms with Gasteiger partial charge in [-0.1, -0.05) is 0 Å². The Bertz CT molecular complexity index is 1030. The highest BCUT2D eigenvalue weighted by Crippen LogP contribution is 2.22. The number of nitrogens with zero attached hydrogens (tertiary/aromatic N) is 2. The molecule has 0 spiro atoms. The van der Waals surface area contributed by atoms with Crippen LogP contribution in [-0.2, 0) is 0 Å². The Balaban J connectivity index is 1.96. The molecule has 1 aromatic heterocycles. The summed E-state index contributed by atoms with van der Waals surface area (Å²) in [6, 6.07) is 6.29. The van der Waals surface area contributed by atoms with Crippen LogP contribution in [0.15, 0.2) is 41.5 Å². The van der Waals surface area contributed by atoms with Gasteiger partial charge in [-0.25, -0.2) is 13.8 Å². The van der Waals surface area contributed by atoms with Crippen molar-refractivity contribution in [1.29, 1.82) is 0 Å². The van der Waals surface area contributed by atoms with Gasteiger partial charge in [0.1, 0.15) is 11.6 Å². The predicted molar refractivity (Wildman–Crippen MR) is 91.0 cm³/mol. The third-order valence-corrected chi connectivity index (χ3v) is 3.69. The molecule has 1 amide bonds. The molecule has 2 N–H and O–H groups in total. The average Bonchev–Trinajstić information content (AvgIpc) is 2.56. The Morgan fingerprint density at radius 3 is 2.60 bits per heavy atom. The van der Waals surface area contributed by atoms with E-state index >= 15 is 0 Å². The van der Waals surface area contributed by atoms with Crippen LogP contribution in [0.3, 0.4) is 0 Å². The SMILES string of the molecule is CN(C)c1ccc(C(=O)Nc2cc3c(=O)[nH]cnc3cc2F)c(F)c1.